The number of hydrogen-bond acceptors (Lipinski definition) is 3. The van der Waals surface area contributed by atoms with Gasteiger partial charge >= 0.3 is 6.18 Å². The van der Waals surface area contributed by atoms with E-state index < -0.39 is 23.5 Å². The van der Waals surface area contributed by atoms with E-state index in [-0.39, 0.29) is 28.2 Å². The second-order valence-corrected chi connectivity index (χ2v) is 6.00. The summed E-state index contributed by atoms with van der Waals surface area (Å²) in [5, 5.41) is 0. The predicted molar refractivity (Wildman–Crippen MR) is 90.7 cm³/mol. The quantitative estimate of drug-likeness (QED) is 0.589. The summed E-state index contributed by atoms with van der Waals surface area (Å²) in [5.74, 6) is -2.71. The van der Waals surface area contributed by atoms with Crippen molar-refractivity contribution in [2.45, 2.75) is 20.0 Å². The number of aromatic nitrogens is 2. The van der Waals surface area contributed by atoms with Crippen LogP contribution in [0.15, 0.2) is 47.5 Å². The molecule has 0 aliphatic heterocycles. The molecule has 0 amide bonds. The van der Waals surface area contributed by atoms with Crippen LogP contribution in [0.25, 0.3) is 5.69 Å². The van der Waals surface area contributed by atoms with Crippen LogP contribution in [0, 0.1) is 25.5 Å². The van der Waals surface area contributed by atoms with E-state index >= 15 is 0 Å². The zero-order chi connectivity index (χ0) is 20.6. The largest absolute Gasteiger partial charge is 0.455 e. The van der Waals surface area contributed by atoms with E-state index in [1.54, 1.807) is 6.92 Å². The highest BCUT2D eigenvalue weighted by molar-refractivity contribution is 5.50. The van der Waals surface area contributed by atoms with Gasteiger partial charge in [0.05, 0.1) is 6.20 Å². The molecule has 0 radical (unpaired) electrons. The number of ether oxygens (including phenoxy) is 1. The average Bonchev–Trinajstić information content (AvgIpc) is 2.62. The maximum atomic E-state index is 13.8. The Labute approximate surface area is 155 Å². The van der Waals surface area contributed by atoms with E-state index in [4.69, 9.17) is 4.74 Å². The fourth-order valence-electron chi connectivity index (χ4n) is 2.57. The zero-order valence-corrected chi connectivity index (χ0v) is 14.6. The molecule has 0 bridgehead atoms. The summed E-state index contributed by atoms with van der Waals surface area (Å²) in [6.07, 6.45) is -2.45. The Balaban J connectivity index is 2.19. The third-order valence-electron chi connectivity index (χ3n) is 4.02. The molecule has 0 spiro atoms. The molecule has 1 aromatic carbocycles. The van der Waals surface area contributed by atoms with Crippen molar-refractivity contribution in [3.8, 4) is 17.2 Å². The van der Waals surface area contributed by atoms with Gasteiger partial charge in [0.25, 0.3) is 0 Å². The smallest absolute Gasteiger partial charge is 0.433 e. The summed E-state index contributed by atoms with van der Waals surface area (Å²) in [6.45, 7) is 2.82. The molecule has 0 atom stereocenters. The first kappa shape index (κ1) is 19.5. The maximum absolute atomic E-state index is 13.8. The molecule has 4 nitrogen and oxygen atoms in total. The van der Waals surface area contributed by atoms with Gasteiger partial charge in [0.2, 0.25) is 0 Å². The van der Waals surface area contributed by atoms with E-state index in [9.17, 15) is 26.7 Å². The van der Waals surface area contributed by atoms with Crippen LogP contribution in [0.1, 0.15) is 17.0 Å². The average molecular weight is 396 g/mol. The van der Waals surface area contributed by atoms with Gasteiger partial charge in [-0.1, -0.05) is 0 Å². The van der Waals surface area contributed by atoms with Gasteiger partial charge < -0.3 is 9.30 Å². The number of halogens is 5. The fraction of sp³-hybridized carbons (Fsp3) is 0.158. The lowest BCUT2D eigenvalue weighted by molar-refractivity contribution is -0.141. The summed E-state index contributed by atoms with van der Waals surface area (Å²) in [6, 6.07) is 5.09. The van der Waals surface area contributed by atoms with E-state index in [1.807, 2.05) is 0 Å². The van der Waals surface area contributed by atoms with Crippen molar-refractivity contribution in [3.05, 3.63) is 81.5 Å². The minimum Gasteiger partial charge on any atom is -0.455 e. The number of alkyl halides is 3. The minimum absolute atomic E-state index is 0.0923. The fourth-order valence-corrected chi connectivity index (χ4v) is 2.57. The second kappa shape index (κ2) is 7.06. The minimum atomic E-state index is -4.74. The summed E-state index contributed by atoms with van der Waals surface area (Å²) >= 11 is 0. The van der Waals surface area contributed by atoms with Crippen LogP contribution < -0.4 is 10.2 Å². The number of benzene rings is 1. The van der Waals surface area contributed by atoms with Crippen LogP contribution in [0.3, 0.4) is 0 Å². The van der Waals surface area contributed by atoms with Crippen LogP contribution in [-0.4, -0.2) is 9.55 Å². The Hall–Kier alpha value is -3.23. The zero-order valence-electron chi connectivity index (χ0n) is 14.6. The highest BCUT2D eigenvalue weighted by Crippen LogP contribution is 2.36. The first-order valence-corrected chi connectivity index (χ1v) is 7.97. The standard InChI is InChI=1S/C19H13F5N2O2/c1-10-7-12(27)5-6-26(10)14-9-25-17(19(22,23)24)8-16(14)28-15-4-3-13(20)18(21)11(15)2/h3-9H,1-2H3. The number of aryl methyl sites for hydroxylation is 1. The van der Waals surface area contributed by atoms with Crippen molar-refractivity contribution in [3.63, 3.8) is 0 Å². The first-order chi connectivity index (χ1) is 13.1. The Morgan fingerprint density at radius 1 is 1.04 bits per heavy atom. The molecule has 3 rings (SSSR count). The molecule has 28 heavy (non-hydrogen) atoms. The Kier molecular flexibility index (Phi) is 4.93. The third-order valence-corrected chi connectivity index (χ3v) is 4.02. The molecule has 0 fully saturated rings. The predicted octanol–water partition coefficient (Wildman–Crippen LogP) is 4.94. The first-order valence-electron chi connectivity index (χ1n) is 7.97. The van der Waals surface area contributed by atoms with Crippen LogP contribution in [-0.2, 0) is 6.18 Å². The van der Waals surface area contributed by atoms with Crippen molar-refractivity contribution < 1.29 is 26.7 Å². The monoisotopic (exact) mass is 396 g/mol. The normalized spacial score (nSPS) is 11.5. The molecule has 0 unspecified atom stereocenters. The topological polar surface area (TPSA) is 44.1 Å². The van der Waals surface area contributed by atoms with Crippen molar-refractivity contribution >= 4 is 0 Å². The molecule has 2 heterocycles. The van der Waals surface area contributed by atoms with Crippen molar-refractivity contribution in [2.24, 2.45) is 0 Å². The maximum Gasteiger partial charge on any atom is 0.433 e. The summed E-state index contributed by atoms with van der Waals surface area (Å²) in [4.78, 5) is 14.9. The van der Waals surface area contributed by atoms with Crippen LogP contribution >= 0.6 is 0 Å². The summed E-state index contributed by atoms with van der Waals surface area (Å²) < 4.78 is 73.3. The van der Waals surface area contributed by atoms with Gasteiger partial charge in [0.1, 0.15) is 17.1 Å². The number of pyridine rings is 2. The Morgan fingerprint density at radius 2 is 1.75 bits per heavy atom. The SMILES string of the molecule is Cc1c(Oc2cc(C(F)(F)F)ncc2-n2ccc(=O)cc2C)ccc(F)c1F. The Bertz CT molecular complexity index is 1110. The van der Waals surface area contributed by atoms with E-state index in [1.165, 1.54) is 29.8 Å². The second-order valence-electron chi connectivity index (χ2n) is 6.00. The summed E-state index contributed by atoms with van der Waals surface area (Å²) in [5.41, 5.74) is -1.19. The lowest BCUT2D eigenvalue weighted by Gasteiger charge is -2.18. The molecular formula is C19H13F5N2O2. The lowest BCUT2D eigenvalue weighted by Crippen LogP contribution is -2.12. The summed E-state index contributed by atoms with van der Waals surface area (Å²) in [7, 11) is 0. The number of hydrogen-bond donors (Lipinski definition) is 0. The molecule has 0 saturated carbocycles. The molecular weight excluding hydrogens is 383 g/mol. The molecule has 0 N–H and O–H groups in total. The highest BCUT2D eigenvalue weighted by atomic mass is 19.4. The number of rotatable bonds is 3. The van der Waals surface area contributed by atoms with Crippen molar-refractivity contribution in [2.75, 3.05) is 0 Å². The van der Waals surface area contributed by atoms with Crippen LogP contribution in [0.2, 0.25) is 0 Å². The van der Waals surface area contributed by atoms with Crippen molar-refractivity contribution in [1.29, 1.82) is 0 Å². The molecule has 9 heteroatoms. The molecule has 3 aromatic rings. The molecule has 0 saturated heterocycles. The van der Waals surface area contributed by atoms with Gasteiger partial charge in [-0.3, -0.25) is 4.79 Å². The van der Waals surface area contributed by atoms with Crippen LogP contribution in [0.5, 0.6) is 11.5 Å². The van der Waals surface area contributed by atoms with E-state index in [0.29, 0.717) is 11.8 Å². The third kappa shape index (κ3) is 3.73. The van der Waals surface area contributed by atoms with Gasteiger partial charge in [0.15, 0.2) is 22.8 Å². The van der Waals surface area contributed by atoms with Gasteiger partial charge in [-0.15, -0.1) is 0 Å². The van der Waals surface area contributed by atoms with E-state index in [0.717, 1.165) is 18.3 Å². The lowest BCUT2D eigenvalue weighted by atomic mass is 10.2. The van der Waals surface area contributed by atoms with Crippen LogP contribution in [0.4, 0.5) is 22.0 Å². The molecule has 0 aliphatic carbocycles. The molecule has 2 aromatic heterocycles. The van der Waals surface area contributed by atoms with Gasteiger partial charge in [-0.25, -0.2) is 13.8 Å². The van der Waals surface area contributed by atoms with Gasteiger partial charge in [-0.2, -0.15) is 13.2 Å². The van der Waals surface area contributed by atoms with Gasteiger partial charge in [-0.05, 0) is 26.0 Å². The van der Waals surface area contributed by atoms with Crippen molar-refractivity contribution in [1.82, 2.24) is 9.55 Å². The molecule has 146 valence electrons. The van der Waals surface area contributed by atoms with Gasteiger partial charge in [0, 0.05) is 35.7 Å². The number of nitrogens with zero attached hydrogens (tertiary/aromatic N) is 2. The Morgan fingerprint density at radius 3 is 2.39 bits per heavy atom. The van der Waals surface area contributed by atoms with E-state index in [2.05, 4.69) is 4.98 Å². The highest BCUT2D eigenvalue weighted by Gasteiger charge is 2.33. The molecule has 0 aliphatic rings.